The molecule has 1 N–H and O–H groups in total. The molecule has 1 aromatic carbocycles. The van der Waals surface area contributed by atoms with Crippen LogP contribution in [-0.2, 0) is 10.8 Å². The Morgan fingerprint density at radius 1 is 1.05 bits per heavy atom. The summed E-state index contributed by atoms with van der Waals surface area (Å²) >= 11 is 0. The van der Waals surface area contributed by atoms with E-state index in [1.54, 1.807) is 0 Å². The number of fused-ring (bicyclic) bond motifs is 1. The summed E-state index contributed by atoms with van der Waals surface area (Å²) in [7, 11) is 0. The minimum absolute atomic E-state index is 0.0179. The Morgan fingerprint density at radius 3 is 2.10 bits per heavy atom. The molecule has 20 heavy (non-hydrogen) atoms. The van der Waals surface area contributed by atoms with Crippen molar-refractivity contribution in [2.24, 2.45) is 0 Å². The van der Waals surface area contributed by atoms with Crippen LogP contribution in [0.15, 0.2) is 22.6 Å². The third-order valence-corrected chi connectivity index (χ3v) is 3.50. The van der Waals surface area contributed by atoms with Crippen LogP contribution in [0.1, 0.15) is 63.2 Å². The van der Waals surface area contributed by atoms with Gasteiger partial charge in [0.1, 0.15) is 5.58 Å². The first-order chi connectivity index (χ1) is 9.01. The molecule has 2 rings (SSSR count). The molecule has 108 valence electrons. The van der Waals surface area contributed by atoms with E-state index in [0.717, 1.165) is 10.9 Å². The van der Waals surface area contributed by atoms with E-state index in [1.807, 2.05) is 32.9 Å². The predicted molar refractivity (Wildman–Crippen MR) is 80.6 cm³/mol. The molecule has 0 radical (unpaired) electrons. The first kappa shape index (κ1) is 14.6. The molecule has 1 aromatic heterocycles. The first-order valence-electron chi connectivity index (χ1n) is 6.82. The molecular formula is C17H22O3. The lowest BCUT2D eigenvalue weighted by Crippen LogP contribution is -2.15. The van der Waals surface area contributed by atoms with E-state index >= 15 is 0 Å². The van der Waals surface area contributed by atoms with E-state index in [2.05, 4.69) is 26.8 Å². The number of rotatable bonds is 1. The zero-order valence-electron chi connectivity index (χ0n) is 13.0. The molecule has 0 aliphatic rings. The number of benzene rings is 1. The normalized spacial score (nSPS) is 12.9. The van der Waals surface area contributed by atoms with Gasteiger partial charge >= 0.3 is 5.97 Å². The summed E-state index contributed by atoms with van der Waals surface area (Å²) in [6.07, 6.45) is 0. The second-order valence-electron chi connectivity index (χ2n) is 7.32. The molecule has 0 amide bonds. The van der Waals surface area contributed by atoms with Crippen LogP contribution < -0.4 is 0 Å². The number of aromatic carboxylic acids is 1. The molecule has 0 fully saturated rings. The maximum atomic E-state index is 11.4. The Balaban J connectivity index is 2.83. The van der Waals surface area contributed by atoms with E-state index in [9.17, 15) is 9.90 Å². The van der Waals surface area contributed by atoms with Crippen molar-refractivity contribution in [2.75, 3.05) is 0 Å². The van der Waals surface area contributed by atoms with Crippen molar-refractivity contribution in [3.8, 4) is 0 Å². The summed E-state index contributed by atoms with van der Waals surface area (Å²) in [4.78, 5) is 11.4. The Morgan fingerprint density at radius 2 is 1.65 bits per heavy atom. The van der Waals surface area contributed by atoms with Gasteiger partial charge in [0.15, 0.2) is 0 Å². The summed E-state index contributed by atoms with van der Waals surface area (Å²) in [5.41, 5.74) is 2.32. The third kappa shape index (κ3) is 2.45. The van der Waals surface area contributed by atoms with Crippen LogP contribution in [0, 0.1) is 0 Å². The van der Waals surface area contributed by atoms with Crippen LogP contribution in [0.4, 0.5) is 0 Å². The lowest BCUT2D eigenvalue weighted by Gasteiger charge is -2.21. The fourth-order valence-electron chi connectivity index (χ4n) is 2.46. The standard InChI is InChI=1S/C17H22O3/c1-16(2,3)10-7-8-12-11(9-10)13(17(4,5)6)14(20-12)15(18)19/h7-9H,1-6H3,(H,18,19). The maximum absolute atomic E-state index is 11.4. The zero-order chi connectivity index (χ0) is 15.3. The minimum atomic E-state index is -1.01. The molecule has 3 heteroatoms. The molecule has 0 saturated heterocycles. The van der Waals surface area contributed by atoms with E-state index in [-0.39, 0.29) is 16.6 Å². The first-order valence-corrected chi connectivity index (χ1v) is 6.82. The highest BCUT2D eigenvalue weighted by Crippen LogP contribution is 2.37. The summed E-state index contributed by atoms with van der Waals surface area (Å²) in [5, 5.41) is 10.3. The van der Waals surface area contributed by atoms with Gasteiger partial charge in [0, 0.05) is 10.9 Å². The molecular weight excluding hydrogens is 252 g/mol. The van der Waals surface area contributed by atoms with E-state index < -0.39 is 5.97 Å². The van der Waals surface area contributed by atoms with Crippen molar-refractivity contribution in [2.45, 2.75) is 52.4 Å². The van der Waals surface area contributed by atoms with Crippen LogP contribution in [0.5, 0.6) is 0 Å². The van der Waals surface area contributed by atoms with Crippen LogP contribution in [-0.4, -0.2) is 11.1 Å². The van der Waals surface area contributed by atoms with Gasteiger partial charge in [0.25, 0.3) is 0 Å². The van der Waals surface area contributed by atoms with Crippen molar-refractivity contribution in [1.29, 1.82) is 0 Å². The Kier molecular flexibility index (Phi) is 3.20. The minimum Gasteiger partial charge on any atom is -0.475 e. The number of carbonyl (C=O) groups is 1. The smallest absolute Gasteiger partial charge is 0.372 e. The summed E-state index contributed by atoms with van der Waals surface area (Å²) < 4.78 is 5.56. The summed E-state index contributed by atoms with van der Waals surface area (Å²) in [6, 6.07) is 5.94. The Bertz CT molecular complexity index is 664. The summed E-state index contributed by atoms with van der Waals surface area (Å²) in [5.74, 6) is -0.956. The van der Waals surface area contributed by atoms with Gasteiger partial charge in [-0.05, 0) is 28.5 Å². The van der Waals surface area contributed by atoms with Crippen molar-refractivity contribution >= 4 is 16.9 Å². The second-order valence-corrected chi connectivity index (χ2v) is 7.32. The van der Waals surface area contributed by atoms with Crippen LogP contribution >= 0.6 is 0 Å². The second kappa shape index (κ2) is 4.37. The summed E-state index contributed by atoms with van der Waals surface area (Å²) in [6.45, 7) is 12.4. The average Bonchev–Trinajstić information content (AvgIpc) is 2.65. The fourth-order valence-corrected chi connectivity index (χ4v) is 2.46. The highest BCUT2D eigenvalue weighted by atomic mass is 16.4. The molecule has 3 nitrogen and oxygen atoms in total. The van der Waals surface area contributed by atoms with E-state index in [4.69, 9.17) is 4.42 Å². The van der Waals surface area contributed by atoms with Crippen molar-refractivity contribution in [1.82, 2.24) is 0 Å². The predicted octanol–water partition coefficient (Wildman–Crippen LogP) is 4.73. The van der Waals surface area contributed by atoms with Crippen LogP contribution in [0.3, 0.4) is 0 Å². The van der Waals surface area contributed by atoms with Crippen molar-refractivity contribution < 1.29 is 14.3 Å². The quantitative estimate of drug-likeness (QED) is 0.818. The van der Waals surface area contributed by atoms with Gasteiger partial charge in [-0.15, -0.1) is 0 Å². The van der Waals surface area contributed by atoms with Gasteiger partial charge in [0.2, 0.25) is 5.76 Å². The molecule has 1 heterocycles. The number of hydrogen-bond donors (Lipinski definition) is 1. The van der Waals surface area contributed by atoms with Gasteiger partial charge < -0.3 is 9.52 Å². The van der Waals surface area contributed by atoms with Gasteiger partial charge in [-0.25, -0.2) is 4.79 Å². The van der Waals surface area contributed by atoms with Crippen molar-refractivity contribution in [3.63, 3.8) is 0 Å². The lowest BCUT2D eigenvalue weighted by molar-refractivity contribution is 0.0661. The van der Waals surface area contributed by atoms with E-state index in [0.29, 0.717) is 5.58 Å². The lowest BCUT2D eigenvalue weighted by atomic mass is 9.82. The number of hydrogen-bond acceptors (Lipinski definition) is 2. The highest BCUT2D eigenvalue weighted by Gasteiger charge is 2.29. The maximum Gasteiger partial charge on any atom is 0.372 e. The van der Waals surface area contributed by atoms with Gasteiger partial charge in [-0.1, -0.05) is 47.6 Å². The number of carboxylic acids is 1. The monoisotopic (exact) mass is 274 g/mol. The Hall–Kier alpha value is -1.77. The van der Waals surface area contributed by atoms with Gasteiger partial charge in [-0.3, -0.25) is 0 Å². The molecule has 0 aliphatic carbocycles. The Labute approximate surface area is 119 Å². The van der Waals surface area contributed by atoms with Crippen molar-refractivity contribution in [3.05, 3.63) is 35.1 Å². The van der Waals surface area contributed by atoms with Crippen LogP contribution in [0.25, 0.3) is 11.0 Å². The molecule has 0 unspecified atom stereocenters. The molecule has 0 bridgehead atoms. The molecule has 0 spiro atoms. The van der Waals surface area contributed by atoms with E-state index in [1.165, 1.54) is 5.56 Å². The van der Waals surface area contributed by atoms with Gasteiger partial charge in [-0.2, -0.15) is 0 Å². The largest absolute Gasteiger partial charge is 0.475 e. The third-order valence-electron chi connectivity index (χ3n) is 3.50. The number of carboxylic acid groups (broad SMARTS) is 1. The zero-order valence-corrected chi connectivity index (χ0v) is 13.0. The highest BCUT2D eigenvalue weighted by molar-refractivity contribution is 5.96. The topological polar surface area (TPSA) is 50.4 Å². The van der Waals surface area contributed by atoms with Gasteiger partial charge in [0.05, 0.1) is 0 Å². The van der Waals surface area contributed by atoms with Crippen LogP contribution in [0.2, 0.25) is 0 Å². The number of furan rings is 1. The fraction of sp³-hybridized carbons (Fsp3) is 0.471. The SMILES string of the molecule is CC(C)(C)c1ccc2oc(C(=O)O)c(C(C)(C)C)c2c1. The molecule has 0 atom stereocenters. The molecule has 0 aliphatic heterocycles. The molecule has 0 saturated carbocycles. The average molecular weight is 274 g/mol. The molecule has 2 aromatic rings.